The molecule has 0 saturated carbocycles. The summed E-state index contributed by atoms with van der Waals surface area (Å²) in [5, 5.41) is 22.9. The highest BCUT2D eigenvalue weighted by Crippen LogP contribution is 2.29. The Hall–Kier alpha value is -3.73. The van der Waals surface area contributed by atoms with E-state index in [1.54, 1.807) is 7.11 Å². The van der Waals surface area contributed by atoms with Gasteiger partial charge >= 0.3 is 5.69 Å². The maximum atomic E-state index is 10.8. The second-order valence-corrected chi connectivity index (χ2v) is 7.57. The molecule has 0 spiro atoms. The molecule has 0 atom stereocenters. The minimum atomic E-state index is -0.490. The lowest BCUT2D eigenvalue weighted by atomic mass is 10.1. The molecule has 2 aromatic carbocycles. The van der Waals surface area contributed by atoms with Gasteiger partial charge in [0.15, 0.2) is 0 Å². The Morgan fingerprint density at radius 2 is 2.03 bits per heavy atom. The summed E-state index contributed by atoms with van der Waals surface area (Å²) in [6.07, 6.45) is 2.95. The third kappa shape index (κ3) is 4.94. The topological polar surface area (TPSA) is 118 Å². The van der Waals surface area contributed by atoms with Crippen molar-refractivity contribution in [2.24, 2.45) is 0 Å². The molecule has 2 aromatic heterocycles. The maximum absolute atomic E-state index is 10.8. The van der Waals surface area contributed by atoms with Crippen LogP contribution in [-0.2, 0) is 19.6 Å². The molecule has 0 amide bonds. The zero-order valence-corrected chi connectivity index (χ0v) is 18.6. The van der Waals surface area contributed by atoms with Crippen LogP contribution >= 0.6 is 15.9 Å². The van der Waals surface area contributed by atoms with Gasteiger partial charge in [-0.3, -0.25) is 14.8 Å². The zero-order valence-electron chi connectivity index (χ0n) is 17.0. The Kier molecular flexibility index (Phi) is 6.45. The van der Waals surface area contributed by atoms with Crippen LogP contribution in [0.1, 0.15) is 11.5 Å². The molecule has 164 valence electrons. The zero-order chi connectivity index (χ0) is 22.5. The first kappa shape index (κ1) is 21.5. The Bertz CT molecular complexity index is 1240. The first-order chi connectivity index (χ1) is 15.5. The summed E-state index contributed by atoms with van der Waals surface area (Å²) in [6.45, 7) is 0.668. The van der Waals surface area contributed by atoms with Gasteiger partial charge in [-0.15, -0.1) is 10.2 Å². The summed E-state index contributed by atoms with van der Waals surface area (Å²) in [5.74, 6) is 2.16. The molecule has 0 aliphatic heterocycles. The average Bonchev–Trinajstić information content (AvgIpc) is 3.47. The van der Waals surface area contributed by atoms with Crippen molar-refractivity contribution in [2.45, 2.75) is 19.6 Å². The second-order valence-electron chi connectivity index (χ2n) is 6.72. The Morgan fingerprint density at radius 3 is 2.78 bits per heavy atom. The fraction of sp³-hybridized carbons (Fsp3) is 0.190. The quantitative estimate of drug-likeness (QED) is 0.245. The standard InChI is InChI=1S/C21H18BrN5O5/c1-30-18-7-6-14(10-15(18)13-31-19-5-3-2-4-17(19)22)21-25-24-20(32-21)8-9-26-12-16(11-23-26)27(28)29/h2-7,10-12H,8-9,13H2,1H3. The lowest BCUT2D eigenvalue weighted by molar-refractivity contribution is -0.385. The van der Waals surface area contributed by atoms with Crippen LogP contribution in [0.15, 0.2) is 63.7 Å². The van der Waals surface area contributed by atoms with Crippen molar-refractivity contribution in [3.63, 3.8) is 0 Å². The monoisotopic (exact) mass is 499 g/mol. The van der Waals surface area contributed by atoms with E-state index in [9.17, 15) is 10.1 Å². The number of methoxy groups -OCH3 is 1. The van der Waals surface area contributed by atoms with Gasteiger partial charge < -0.3 is 13.9 Å². The number of para-hydroxylation sites is 1. The van der Waals surface area contributed by atoms with Crippen molar-refractivity contribution in [1.29, 1.82) is 0 Å². The van der Waals surface area contributed by atoms with E-state index < -0.39 is 4.92 Å². The van der Waals surface area contributed by atoms with Gasteiger partial charge in [0, 0.05) is 24.1 Å². The third-order valence-electron chi connectivity index (χ3n) is 4.60. The van der Waals surface area contributed by atoms with Crippen molar-refractivity contribution in [1.82, 2.24) is 20.0 Å². The molecular weight excluding hydrogens is 482 g/mol. The van der Waals surface area contributed by atoms with Crippen molar-refractivity contribution < 1.29 is 18.8 Å². The summed E-state index contributed by atoms with van der Waals surface area (Å²) in [5.41, 5.74) is 1.49. The third-order valence-corrected chi connectivity index (χ3v) is 5.25. The number of nitro groups is 1. The largest absolute Gasteiger partial charge is 0.496 e. The number of aromatic nitrogens is 4. The fourth-order valence-corrected chi connectivity index (χ4v) is 3.39. The number of nitrogens with zero attached hydrogens (tertiary/aromatic N) is 5. The van der Waals surface area contributed by atoms with Crippen LogP contribution in [0.4, 0.5) is 5.69 Å². The summed E-state index contributed by atoms with van der Waals surface area (Å²) in [6, 6.07) is 13.1. The van der Waals surface area contributed by atoms with E-state index in [4.69, 9.17) is 13.9 Å². The van der Waals surface area contributed by atoms with Gasteiger partial charge in [0.05, 0.1) is 16.5 Å². The number of aryl methyl sites for hydroxylation is 2. The van der Waals surface area contributed by atoms with E-state index in [2.05, 4.69) is 31.2 Å². The number of halogens is 1. The van der Waals surface area contributed by atoms with E-state index in [0.29, 0.717) is 37.1 Å². The number of rotatable bonds is 9. The van der Waals surface area contributed by atoms with E-state index >= 15 is 0 Å². The maximum Gasteiger partial charge on any atom is 0.306 e. The lowest BCUT2D eigenvalue weighted by Crippen LogP contribution is -2.01. The summed E-state index contributed by atoms with van der Waals surface area (Å²) in [7, 11) is 1.60. The molecule has 0 unspecified atom stereocenters. The molecule has 2 heterocycles. The van der Waals surface area contributed by atoms with Crippen LogP contribution in [0.5, 0.6) is 11.5 Å². The summed E-state index contributed by atoms with van der Waals surface area (Å²) < 4.78 is 19.5. The lowest BCUT2D eigenvalue weighted by Gasteiger charge is -2.12. The molecule has 0 aliphatic carbocycles. The van der Waals surface area contributed by atoms with Crippen molar-refractivity contribution in [3.05, 3.63) is 80.9 Å². The Morgan fingerprint density at radius 1 is 1.19 bits per heavy atom. The highest BCUT2D eigenvalue weighted by Gasteiger charge is 2.14. The average molecular weight is 500 g/mol. The first-order valence-corrected chi connectivity index (χ1v) is 10.4. The molecule has 0 bridgehead atoms. The van der Waals surface area contributed by atoms with Gasteiger partial charge in [0.1, 0.15) is 30.5 Å². The molecule has 4 rings (SSSR count). The van der Waals surface area contributed by atoms with Gasteiger partial charge in [0.25, 0.3) is 0 Å². The number of hydrogen-bond acceptors (Lipinski definition) is 8. The van der Waals surface area contributed by atoms with Gasteiger partial charge in [-0.2, -0.15) is 5.10 Å². The molecule has 32 heavy (non-hydrogen) atoms. The summed E-state index contributed by atoms with van der Waals surface area (Å²) >= 11 is 3.47. The molecule has 11 heteroatoms. The van der Waals surface area contributed by atoms with Gasteiger partial charge in [-0.1, -0.05) is 12.1 Å². The number of hydrogen-bond donors (Lipinski definition) is 0. The first-order valence-electron chi connectivity index (χ1n) is 9.57. The molecule has 0 N–H and O–H groups in total. The van der Waals surface area contributed by atoms with Crippen LogP contribution in [0, 0.1) is 10.1 Å². The fourth-order valence-electron chi connectivity index (χ4n) is 2.99. The molecule has 4 aromatic rings. The highest BCUT2D eigenvalue weighted by molar-refractivity contribution is 9.10. The molecule has 0 radical (unpaired) electrons. The second kappa shape index (κ2) is 9.60. The SMILES string of the molecule is COc1ccc(-c2nnc(CCn3cc([N+](=O)[O-])cn3)o2)cc1COc1ccccc1Br. The van der Waals surface area contributed by atoms with E-state index in [0.717, 1.165) is 21.3 Å². The Labute approximate surface area is 191 Å². The Balaban J connectivity index is 1.46. The molecular formula is C21H18BrN5O5. The molecule has 0 aliphatic rings. The van der Waals surface area contributed by atoms with Crippen LogP contribution in [-0.4, -0.2) is 32.0 Å². The van der Waals surface area contributed by atoms with E-state index in [1.165, 1.54) is 17.1 Å². The normalized spacial score (nSPS) is 10.8. The van der Waals surface area contributed by atoms with Crippen LogP contribution in [0.3, 0.4) is 0 Å². The van der Waals surface area contributed by atoms with Gasteiger partial charge in [-0.25, -0.2) is 0 Å². The van der Waals surface area contributed by atoms with E-state index in [-0.39, 0.29) is 5.69 Å². The smallest absolute Gasteiger partial charge is 0.306 e. The predicted molar refractivity (Wildman–Crippen MR) is 117 cm³/mol. The number of ether oxygens (including phenoxy) is 2. The van der Waals surface area contributed by atoms with Crippen molar-refractivity contribution in [2.75, 3.05) is 7.11 Å². The molecule has 10 nitrogen and oxygen atoms in total. The van der Waals surface area contributed by atoms with E-state index in [1.807, 2.05) is 42.5 Å². The summed E-state index contributed by atoms with van der Waals surface area (Å²) in [4.78, 5) is 10.3. The predicted octanol–water partition coefficient (Wildman–Crippen LogP) is 4.43. The minimum Gasteiger partial charge on any atom is -0.496 e. The van der Waals surface area contributed by atoms with Crippen molar-refractivity contribution in [3.8, 4) is 23.0 Å². The van der Waals surface area contributed by atoms with Crippen LogP contribution in [0.25, 0.3) is 11.5 Å². The van der Waals surface area contributed by atoms with Gasteiger partial charge in [-0.05, 0) is 46.3 Å². The van der Waals surface area contributed by atoms with Crippen molar-refractivity contribution >= 4 is 21.6 Å². The minimum absolute atomic E-state index is 0.0632. The molecule has 0 fully saturated rings. The van der Waals surface area contributed by atoms with Crippen LogP contribution in [0.2, 0.25) is 0 Å². The van der Waals surface area contributed by atoms with Gasteiger partial charge in [0.2, 0.25) is 11.8 Å². The van der Waals surface area contributed by atoms with Crippen LogP contribution < -0.4 is 9.47 Å². The number of benzene rings is 2. The highest BCUT2D eigenvalue weighted by atomic mass is 79.9. The molecule has 0 saturated heterocycles.